The molecule has 4 nitrogen and oxygen atoms in total. The Morgan fingerprint density at radius 3 is 2.74 bits per heavy atom. The summed E-state index contributed by atoms with van der Waals surface area (Å²) in [5.74, 6) is 1.29. The number of carbonyl (C=O) groups is 1. The fraction of sp³-hybridized carbons (Fsp3) is 0.933. The van der Waals surface area contributed by atoms with Crippen LogP contribution >= 0.6 is 0 Å². The van der Waals surface area contributed by atoms with E-state index < -0.39 is 0 Å². The van der Waals surface area contributed by atoms with Crippen LogP contribution in [0.5, 0.6) is 0 Å². The Bertz CT molecular complexity index is 330. The zero-order valence-corrected chi connectivity index (χ0v) is 11.9. The van der Waals surface area contributed by atoms with Crippen LogP contribution in [-0.4, -0.2) is 43.3 Å². The molecule has 0 aromatic heterocycles. The molecule has 2 amide bonds. The normalized spacial score (nSPS) is 34.5. The molecule has 0 bridgehead atoms. The molecule has 3 aliphatic rings. The second-order valence-corrected chi connectivity index (χ2v) is 6.53. The highest BCUT2D eigenvalue weighted by Gasteiger charge is 2.38. The molecule has 1 aliphatic heterocycles. The van der Waals surface area contributed by atoms with Crippen molar-refractivity contribution >= 4 is 6.03 Å². The molecule has 2 aliphatic carbocycles. The lowest BCUT2D eigenvalue weighted by molar-refractivity contribution is 0.0537. The minimum absolute atomic E-state index is 0.115. The Labute approximate surface area is 115 Å². The van der Waals surface area contributed by atoms with Gasteiger partial charge in [0.2, 0.25) is 0 Å². The van der Waals surface area contributed by atoms with Crippen LogP contribution in [0.1, 0.15) is 44.9 Å². The van der Waals surface area contributed by atoms with Gasteiger partial charge in [0.25, 0.3) is 0 Å². The quantitative estimate of drug-likeness (QED) is 0.852. The zero-order valence-electron chi connectivity index (χ0n) is 11.9. The molecule has 1 saturated heterocycles. The van der Waals surface area contributed by atoms with Crippen LogP contribution in [0.25, 0.3) is 0 Å². The Morgan fingerprint density at radius 2 is 2.00 bits per heavy atom. The fourth-order valence-electron chi connectivity index (χ4n) is 3.77. The highest BCUT2D eigenvalue weighted by atomic mass is 16.5. The van der Waals surface area contributed by atoms with Gasteiger partial charge in [0.1, 0.15) is 0 Å². The molecule has 1 heterocycles. The maximum atomic E-state index is 12.2. The van der Waals surface area contributed by atoms with E-state index in [9.17, 15) is 4.79 Å². The van der Waals surface area contributed by atoms with Gasteiger partial charge in [-0.3, -0.25) is 0 Å². The topological polar surface area (TPSA) is 41.6 Å². The molecule has 19 heavy (non-hydrogen) atoms. The van der Waals surface area contributed by atoms with Crippen molar-refractivity contribution in [1.82, 2.24) is 10.2 Å². The number of rotatable bonds is 3. The number of nitrogens with one attached hydrogen (secondary N) is 1. The van der Waals surface area contributed by atoms with Crippen molar-refractivity contribution in [2.75, 3.05) is 20.2 Å². The second kappa shape index (κ2) is 5.70. The number of amides is 2. The average molecular weight is 266 g/mol. The molecule has 3 fully saturated rings. The molecule has 3 atom stereocenters. The monoisotopic (exact) mass is 266 g/mol. The molecule has 1 N–H and O–H groups in total. The van der Waals surface area contributed by atoms with Crippen molar-refractivity contribution in [3.63, 3.8) is 0 Å². The molecule has 0 unspecified atom stereocenters. The maximum Gasteiger partial charge on any atom is 0.317 e. The maximum absolute atomic E-state index is 12.2. The minimum Gasteiger partial charge on any atom is -0.378 e. The van der Waals surface area contributed by atoms with Crippen molar-refractivity contribution < 1.29 is 9.53 Å². The highest BCUT2D eigenvalue weighted by molar-refractivity contribution is 5.74. The molecule has 4 heteroatoms. The van der Waals surface area contributed by atoms with Gasteiger partial charge >= 0.3 is 6.03 Å². The highest BCUT2D eigenvalue weighted by Crippen LogP contribution is 2.34. The minimum atomic E-state index is 0.115. The van der Waals surface area contributed by atoms with Gasteiger partial charge in [-0.15, -0.1) is 0 Å². The number of hydrogen-bond donors (Lipinski definition) is 1. The van der Waals surface area contributed by atoms with E-state index in [1.165, 1.54) is 32.1 Å². The Hall–Kier alpha value is -0.770. The lowest BCUT2D eigenvalue weighted by Gasteiger charge is -2.35. The van der Waals surface area contributed by atoms with E-state index in [1.54, 1.807) is 0 Å². The first-order chi connectivity index (χ1) is 9.24. The van der Waals surface area contributed by atoms with Gasteiger partial charge in [0.15, 0.2) is 0 Å². The molecule has 108 valence electrons. The number of fused-ring (bicyclic) bond motifs is 1. The van der Waals surface area contributed by atoms with Gasteiger partial charge in [0, 0.05) is 32.2 Å². The largest absolute Gasteiger partial charge is 0.378 e. The molecule has 3 rings (SSSR count). The number of hydrogen-bond acceptors (Lipinski definition) is 2. The van der Waals surface area contributed by atoms with Crippen LogP contribution < -0.4 is 5.32 Å². The summed E-state index contributed by atoms with van der Waals surface area (Å²) in [4.78, 5) is 14.1. The van der Waals surface area contributed by atoms with Gasteiger partial charge in [0.05, 0.1) is 6.10 Å². The standard InChI is InChI=1S/C15H26N2O2/c1-17(10-11-4-2-5-11)15(18)16-13-6-3-7-14-12(13)8-9-19-14/h11-14H,2-10H2,1H3,(H,16,18)/t12-,13-,14+/m1/s1. The fourth-order valence-corrected chi connectivity index (χ4v) is 3.77. The van der Waals surface area contributed by atoms with E-state index >= 15 is 0 Å². The van der Waals surface area contributed by atoms with Crippen molar-refractivity contribution in [1.29, 1.82) is 0 Å². The van der Waals surface area contributed by atoms with Gasteiger partial charge in [-0.05, 0) is 44.4 Å². The smallest absolute Gasteiger partial charge is 0.317 e. The summed E-state index contributed by atoms with van der Waals surface area (Å²) in [6.07, 6.45) is 8.90. The number of carbonyl (C=O) groups excluding carboxylic acids is 1. The summed E-state index contributed by atoms with van der Waals surface area (Å²) in [6.45, 7) is 1.79. The third kappa shape index (κ3) is 2.88. The van der Waals surface area contributed by atoms with Crippen LogP contribution in [0, 0.1) is 11.8 Å². The van der Waals surface area contributed by atoms with E-state index in [2.05, 4.69) is 5.32 Å². The molecule has 0 radical (unpaired) electrons. The first-order valence-electron chi connectivity index (χ1n) is 7.87. The van der Waals surface area contributed by atoms with Gasteiger partial charge in [-0.1, -0.05) is 6.42 Å². The van der Waals surface area contributed by atoms with Crippen molar-refractivity contribution in [3.8, 4) is 0 Å². The number of ether oxygens (including phenoxy) is 1. The summed E-state index contributed by atoms with van der Waals surface area (Å²) in [5.41, 5.74) is 0. The van der Waals surface area contributed by atoms with E-state index in [4.69, 9.17) is 4.74 Å². The molecule has 2 saturated carbocycles. The Balaban J connectivity index is 1.50. The molecular formula is C15H26N2O2. The molecule has 0 aromatic rings. The van der Waals surface area contributed by atoms with Crippen molar-refractivity contribution in [3.05, 3.63) is 0 Å². The van der Waals surface area contributed by atoms with Gasteiger partial charge in [-0.2, -0.15) is 0 Å². The van der Waals surface area contributed by atoms with E-state index in [0.717, 1.165) is 31.9 Å². The van der Waals surface area contributed by atoms with Crippen LogP contribution in [0.15, 0.2) is 0 Å². The van der Waals surface area contributed by atoms with E-state index in [0.29, 0.717) is 18.1 Å². The van der Waals surface area contributed by atoms with Crippen molar-refractivity contribution in [2.45, 2.75) is 57.1 Å². The SMILES string of the molecule is CN(CC1CCC1)C(=O)N[C@@H]1CCC[C@@H]2OCC[C@@H]21. The Kier molecular flexibility index (Phi) is 3.96. The first kappa shape index (κ1) is 13.2. The van der Waals surface area contributed by atoms with Gasteiger partial charge in [-0.25, -0.2) is 4.79 Å². The zero-order chi connectivity index (χ0) is 13.2. The number of urea groups is 1. The Morgan fingerprint density at radius 1 is 1.21 bits per heavy atom. The summed E-state index contributed by atoms with van der Waals surface area (Å²) < 4.78 is 5.76. The van der Waals surface area contributed by atoms with Crippen LogP contribution in [0.4, 0.5) is 4.79 Å². The van der Waals surface area contributed by atoms with Gasteiger partial charge < -0.3 is 15.0 Å². The second-order valence-electron chi connectivity index (χ2n) is 6.53. The summed E-state index contributed by atoms with van der Waals surface area (Å²) in [5, 5.41) is 3.25. The van der Waals surface area contributed by atoms with Crippen molar-refractivity contribution in [2.24, 2.45) is 11.8 Å². The predicted octanol–water partition coefficient (Wildman–Crippen LogP) is 2.39. The third-order valence-electron chi connectivity index (χ3n) is 5.19. The third-order valence-corrected chi connectivity index (χ3v) is 5.19. The number of nitrogens with zero attached hydrogens (tertiary/aromatic N) is 1. The lowest BCUT2D eigenvalue weighted by Crippen LogP contribution is -2.50. The van der Waals surface area contributed by atoms with Crippen LogP contribution in [-0.2, 0) is 4.74 Å². The summed E-state index contributed by atoms with van der Waals surface area (Å²) in [6, 6.07) is 0.446. The summed E-state index contributed by atoms with van der Waals surface area (Å²) >= 11 is 0. The molecular weight excluding hydrogens is 240 g/mol. The van der Waals surface area contributed by atoms with Crippen LogP contribution in [0.2, 0.25) is 0 Å². The summed E-state index contributed by atoms with van der Waals surface area (Å²) in [7, 11) is 1.93. The predicted molar refractivity (Wildman–Crippen MR) is 74.0 cm³/mol. The average Bonchev–Trinajstić information content (AvgIpc) is 2.82. The van der Waals surface area contributed by atoms with Crippen LogP contribution in [0.3, 0.4) is 0 Å². The van der Waals surface area contributed by atoms with E-state index in [1.807, 2.05) is 11.9 Å². The molecule has 0 aromatic carbocycles. The molecule has 0 spiro atoms. The van der Waals surface area contributed by atoms with E-state index in [-0.39, 0.29) is 6.03 Å². The first-order valence-corrected chi connectivity index (χ1v) is 7.87. The lowest BCUT2D eigenvalue weighted by atomic mass is 9.82.